The maximum Gasteiger partial charge on any atom is 0.244 e. The maximum atomic E-state index is 11.8. The van der Waals surface area contributed by atoms with E-state index in [9.17, 15) is 4.79 Å². The van der Waals surface area contributed by atoms with Gasteiger partial charge in [0.25, 0.3) is 0 Å². The van der Waals surface area contributed by atoms with E-state index in [1.807, 2.05) is 49.4 Å². The minimum Gasteiger partial charge on any atom is -0.493 e. The van der Waals surface area contributed by atoms with Crippen molar-refractivity contribution in [2.75, 3.05) is 6.61 Å². The van der Waals surface area contributed by atoms with Gasteiger partial charge in [-0.3, -0.25) is 9.78 Å². The summed E-state index contributed by atoms with van der Waals surface area (Å²) in [6.07, 6.45) is 4.95. The van der Waals surface area contributed by atoms with E-state index in [4.69, 9.17) is 4.74 Å². The monoisotopic (exact) mass is 282 g/mol. The van der Waals surface area contributed by atoms with E-state index < -0.39 is 0 Å². The molecule has 1 aromatic heterocycles. The van der Waals surface area contributed by atoms with E-state index in [1.54, 1.807) is 12.3 Å². The highest BCUT2D eigenvalue weighted by Crippen LogP contribution is 2.19. The molecule has 1 N–H and O–H groups in total. The van der Waals surface area contributed by atoms with Gasteiger partial charge in [-0.25, -0.2) is 0 Å². The third kappa shape index (κ3) is 4.76. The fraction of sp³-hybridized carbons (Fsp3) is 0.176. The zero-order valence-corrected chi connectivity index (χ0v) is 12.0. The molecule has 0 bridgehead atoms. The van der Waals surface area contributed by atoms with Gasteiger partial charge in [0, 0.05) is 17.8 Å². The first-order valence-corrected chi connectivity index (χ1v) is 6.87. The van der Waals surface area contributed by atoms with Crippen LogP contribution in [0, 0.1) is 0 Å². The second kappa shape index (κ2) is 7.85. The normalized spacial score (nSPS) is 10.5. The molecule has 108 valence electrons. The van der Waals surface area contributed by atoms with Crippen LogP contribution in [-0.2, 0) is 11.3 Å². The summed E-state index contributed by atoms with van der Waals surface area (Å²) < 4.78 is 5.51. The van der Waals surface area contributed by atoms with Crippen LogP contribution in [0.15, 0.2) is 54.7 Å². The van der Waals surface area contributed by atoms with E-state index in [0.29, 0.717) is 13.2 Å². The molecule has 1 aromatic carbocycles. The highest BCUT2D eigenvalue weighted by Gasteiger charge is 2.00. The molecule has 0 aliphatic rings. The van der Waals surface area contributed by atoms with Crippen LogP contribution in [0.3, 0.4) is 0 Å². The van der Waals surface area contributed by atoms with E-state index in [1.165, 1.54) is 6.08 Å². The first-order valence-electron chi connectivity index (χ1n) is 6.87. The topological polar surface area (TPSA) is 51.2 Å². The maximum absolute atomic E-state index is 11.8. The Morgan fingerprint density at radius 2 is 2.05 bits per heavy atom. The molecule has 0 fully saturated rings. The lowest BCUT2D eigenvalue weighted by molar-refractivity contribution is -0.116. The Morgan fingerprint density at radius 1 is 1.24 bits per heavy atom. The number of carbonyl (C=O) groups is 1. The van der Waals surface area contributed by atoms with Crippen LogP contribution in [0.5, 0.6) is 5.75 Å². The van der Waals surface area contributed by atoms with Gasteiger partial charge in [-0.05, 0) is 31.2 Å². The van der Waals surface area contributed by atoms with Crippen molar-refractivity contribution in [2.24, 2.45) is 0 Å². The number of carbonyl (C=O) groups excluding carboxylic acids is 1. The van der Waals surface area contributed by atoms with Crippen molar-refractivity contribution in [3.8, 4) is 5.75 Å². The number of nitrogens with one attached hydrogen (secondary N) is 1. The molecular formula is C17H18N2O2. The first-order chi connectivity index (χ1) is 10.3. The molecule has 0 aliphatic carbocycles. The van der Waals surface area contributed by atoms with E-state index >= 15 is 0 Å². The molecule has 0 unspecified atom stereocenters. The number of amides is 1. The summed E-state index contributed by atoms with van der Waals surface area (Å²) >= 11 is 0. The number of pyridine rings is 1. The predicted molar refractivity (Wildman–Crippen MR) is 82.7 cm³/mol. The Bertz CT molecular complexity index is 609. The van der Waals surface area contributed by atoms with Crippen molar-refractivity contribution in [1.29, 1.82) is 0 Å². The second-order valence-electron chi connectivity index (χ2n) is 4.34. The lowest BCUT2D eigenvalue weighted by atomic mass is 10.2. The van der Waals surface area contributed by atoms with Crippen molar-refractivity contribution in [1.82, 2.24) is 10.3 Å². The number of nitrogens with zero attached hydrogens (tertiary/aromatic N) is 1. The molecule has 0 saturated carbocycles. The standard InChI is InChI=1S/C17H18N2O2/c1-2-21-16-9-4-3-7-14(16)10-11-17(20)19-13-15-8-5-6-12-18-15/h3-12H,2,13H2,1H3,(H,19,20)/b11-10+. The van der Waals surface area contributed by atoms with Gasteiger partial charge >= 0.3 is 0 Å². The van der Waals surface area contributed by atoms with Gasteiger partial charge in [-0.1, -0.05) is 24.3 Å². The summed E-state index contributed by atoms with van der Waals surface area (Å²) in [5, 5.41) is 2.79. The largest absolute Gasteiger partial charge is 0.493 e. The summed E-state index contributed by atoms with van der Waals surface area (Å²) in [7, 11) is 0. The molecular weight excluding hydrogens is 264 g/mol. The van der Waals surface area contributed by atoms with Gasteiger partial charge in [0.2, 0.25) is 5.91 Å². The van der Waals surface area contributed by atoms with Crippen molar-refractivity contribution in [2.45, 2.75) is 13.5 Å². The Morgan fingerprint density at radius 3 is 2.81 bits per heavy atom. The summed E-state index contributed by atoms with van der Waals surface area (Å²) in [5.41, 5.74) is 1.71. The number of ether oxygens (including phenoxy) is 1. The molecule has 2 rings (SSSR count). The van der Waals surface area contributed by atoms with Crippen LogP contribution < -0.4 is 10.1 Å². The lowest BCUT2D eigenvalue weighted by Gasteiger charge is -2.06. The van der Waals surface area contributed by atoms with Gasteiger partial charge in [0.15, 0.2) is 0 Å². The summed E-state index contributed by atoms with van der Waals surface area (Å²) in [4.78, 5) is 15.9. The van der Waals surface area contributed by atoms with Crippen molar-refractivity contribution in [3.63, 3.8) is 0 Å². The third-order valence-corrected chi connectivity index (χ3v) is 2.80. The van der Waals surface area contributed by atoms with Crippen LogP contribution in [-0.4, -0.2) is 17.5 Å². The Labute approximate surface area is 124 Å². The van der Waals surface area contributed by atoms with Gasteiger partial charge in [-0.15, -0.1) is 0 Å². The number of aromatic nitrogens is 1. The smallest absolute Gasteiger partial charge is 0.244 e. The molecule has 0 spiro atoms. The average Bonchev–Trinajstić information content (AvgIpc) is 2.53. The van der Waals surface area contributed by atoms with Crippen LogP contribution in [0.1, 0.15) is 18.2 Å². The highest BCUT2D eigenvalue weighted by atomic mass is 16.5. The van der Waals surface area contributed by atoms with E-state index in [-0.39, 0.29) is 5.91 Å². The number of rotatable bonds is 6. The molecule has 1 amide bonds. The van der Waals surface area contributed by atoms with Crippen molar-refractivity contribution < 1.29 is 9.53 Å². The van der Waals surface area contributed by atoms with E-state index in [0.717, 1.165) is 17.0 Å². The molecule has 2 aromatic rings. The minimum absolute atomic E-state index is 0.160. The second-order valence-corrected chi connectivity index (χ2v) is 4.34. The molecule has 0 aliphatic heterocycles. The fourth-order valence-electron chi connectivity index (χ4n) is 1.81. The zero-order valence-electron chi connectivity index (χ0n) is 12.0. The highest BCUT2D eigenvalue weighted by molar-refractivity contribution is 5.92. The quantitative estimate of drug-likeness (QED) is 0.829. The molecule has 4 nitrogen and oxygen atoms in total. The van der Waals surface area contributed by atoms with Gasteiger partial charge in [0.1, 0.15) is 5.75 Å². The fourth-order valence-corrected chi connectivity index (χ4v) is 1.81. The lowest BCUT2D eigenvalue weighted by Crippen LogP contribution is -2.20. The Hall–Kier alpha value is -2.62. The molecule has 1 heterocycles. The molecule has 4 heteroatoms. The number of hydrogen-bond acceptors (Lipinski definition) is 3. The van der Waals surface area contributed by atoms with Gasteiger partial charge in [-0.2, -0.15) is 0 Å². The van der Waals surface area contributed by atoms with Crippen LogP contribution in [0.2, 0.25) is 0 Å². The SMILES string of the molecule is CCOc1ccccc1/C=C/C(=O)NCc1ccccn1. The first kappa shape index (κ1) is 14.8. The minimum atomic E-state index is -0.160. The Kier molecular flexibility index (Phi) is 5.52. The number of hydrogen-bond donors (Lipinski definition) is 1. The van der Waals surface area contributed by atoms with Gasteiger partial charge in [0.05, 0.1) is 18.8 Å². The number of benzene rings is 1. The van der Waals surface area contributed by atoms with Crippen molar-refractivity contribution >= 4 is 12.0 Å². The molecule has 21 heavy (non-hydrogen) atoms. The summed E-state index contributed by atoms with van der Waals surface area (Å²) in [5.74, 6) is 0.612. The average molecular weight is 282 g/mol. The summed E-state index contributed by atoms with van der Waals surface area (Å²) in [6, 6.07) is 13.2. The van der Waals surface area contributed by atoms with Crippen LogP contribution >= 0.6 is 0 Å². The van der Waals surface area contributed by atoms with Crippen LogP contribution in [0.4, 0.5) is 0 Å². The van der Waals surface area contributed by atoms with E-state index in [2.05, 4.69) is 10.3 Å². The molecule has 0 atom stereocenters. The predicted octanol–water partition coefficient (Wildman–Crippen LogP) is 2.81. The summed E-state index contributed by atoms with van der Waals surface area (Å²) in [6.45, 7) is 2.94. The number of para-hydroxylation sites is 1. The van der Waals surface area contributed by atoms with Crippen molar-refractivity contribution in [3.05, 3.63) is 66.0 Å². The van der Waals surface area contributed by atoms with Gasteiger partial charge < -0.3 is 10.1 Å². The third-order valence-electron chi connectivity index (χ3n) is 2.80. The molecule has 0 saturated heterocycles. The zero-order chi connectivity index (χ0) is 14.9. The molecule has 0 radical (unpaired) electrons. The van der Waals surface area contributed by atoms with Crippen LogP contribution in [0.25, 0.3) is 6.08 Å². The Balaban J connectivity index is 1.93.